The quantitative estimate of drug-likeness (QED) is 0.668. The summed E-state index contributed by atoms with van der Waals surface area (Å²) in [6.45, 7) is 3.93. The summed E-state index contributed by atoms with van der Waals surface area (Å²) in [5.41, 5.74) is 2.16. The van der Waals surface area contributed by atoms with Crippen LogP contribution in [0.1, 0.15) is 30.0 Å². The van der Waals surface area contributed by atoms with E-state index in [4.69, 9.17) is 0 Å². The average Bonchev–Trinajstić information content (AvgIpc) is 3.62. The molecule has 0 unspecified atom stereocenters. The SMILES string of the molecule is O=c1ccc(N2CCN(c3cc(C4CC4)ncn3)CC2)nn1Cc1ccccc1. The Hall–Kier alpha value is -3.22. The van der Waals surface area contributed by atoms with Crippen molar-refractivity contribution in [2.75, 3.05) is 36.0 Å². The van der Waals surface area contributed by atoms with Gasteiger partial charge in [-0.05, 0) is 24.5 Å². The molecular weight excluding hydrogens is 364 g/mol. The van der Waals surface area contributed by atoms with Crippen LogP contribution in [-0.4, -0.2) is 45.9 Å². The first kappa shape index (κ1) is 17.8. The molecule has 5 rings (SSSR count). The van der Waals surface area contributed by atoms with E-state index in [0.29, 0.717) is 12.5 Å². The zero-order valence-electron chi connectivity index (χ0n) is 16.3. The van der Waals surface area contributed by atoms with Gasteiger partial charge in [0, 0.05) is 49.9 Å². The summed E-state index contributed by atoms with van der Waals surface area (Å²) in [5.74, 6) is 2.50. The number of rotatable bonds is 5. The molecule has 2 aromatic heterocycles. The van der Waals surface area contributed by atoms with Gasteiger partial charge < -0.3 is 9.80 Å². The van der Waals surface area contributed by atoms with E-state index >= 15 is 0 Å². The van der Waals surface area contributed by atoms with Crippen LogP contribution < -0.4 is 15.4 Å². The average molecular weight is 388 g/mol. The Labute approximate surface area is 169 Å². The highest BCUT2D eigenvalue weighted by molar-refractivity contribution is 5.45. The van der Waals surface area contributed by atoms with Crippen LogP contribution in [0, 0.1) is 0 Å². The van der Waals surface area contributed by atoms with Crippen molar-refractivity contribution >= 4 is 11.6 Å². The van der Waals surface area contributed by atoms with Crippen molar-refractivity contribution in [2.24, 2.45) is 0 Å². The van der Waals surface area contributed by atoms with E-state index in [1.165, 1.54) is 18.5 Å². The van der Waals surface area contributed by atoms with Gasteiger partial charge in [0.15, 0.2) is 0 Å². The fourth-order valence-electron chi connectivity index (χ4n) is 3.78. The zero-order valence-corrected chi connectivity index (χ0v) is 16.3. The number of piperazine rings is 1. The largest absolute Gasteiger partial charge is 0.353 e. The molecule has 7 nitrogen and oxygen atoms in total. The Morgan fingerprint density at radius 3 is 2.31 bits per heavy atom. The molecule has 3 aromatic rings. The predicted molar refractivity (Wildman–Crippen MR) is 112 cm³/mol. The third-order valence-electron chi connectivity index (χ3n) is 5.62. The Balaban J connectivity index is 1.27. The third kappa shape index (κ3) is 3.99. The first-order valence-electron chi connectivity index (χ1n) is 10.2. The topological polar surface area (TPSA) is 67.2 Å². The van der Waals surface area contributed by atoms with Crippen molar-refractivity contribution in [1.29, 1.82) is 0 Å². The van der Waals surface area contributed by atoms with Gasteiger partial charge in [0.05, 0.1) is 6.54 Å². The summed E-state index contributed by atoms with van der Waals surface area (Å²) in [6, 6.07) is 15.5. The lowest BCUT2D eigenvalue weighted by atomic mass is 10.2. The number of hydrogen-bond donors (Lipinski definition) is 0. The monoisotopic (exact) mass is 388 g/mol. The maximum absolute atomic E-state index is 12.2. The molecule has 1 aliphatic carbocycles. The number of benzene rings is 1. The molecule has 1 saturated carbocycles. The molecule has 1 saturated heterocycles. The van der Waals surface area contributed by atoms with Crippen molar-refractivity contribution in [3.05, 3.63) is 76.5 Å². The van der Waals surface area contributed by atoms with E-state index in [1.807, 2.05) is 36.4 Å². The molecule has 7 heteroatoms. The van der Waals surface area contributed by atoms with Crippen LogP contribution in [0.5, 0.6) is 0 Å². The lowest BCUT2D eigenvalue weighted by Crippen LogP contribution is -2.47. The van der Waals surface area contributed by atoms with Gasteiger partial charge in [0.25, 0.3) is 5.56 Å². The molecule has 0 radical (unpaired) electrons. The molecular formula is C22H24N6O. The van der Waals surface area contributed by atoms with Crippen LogP contribution in [0.25, 0.3) is 0 Å². The highest BCUT2D eigenvalue weighted by Gasteiger charge is 2.26. The van der Waals surface area contributed by atoms with Gasteiger partial charge in [-0.2, -0.15) is 5.10 Å². The van der Waals surface area contributed by atoms with E-state index < -0.39 is 0 Å². The zero-order chi connectivity index (χ0) is 19.6. The Morgan fingerprint density at radius 1 is 0.862 bits per heavy atom. The van der Waals surface area contributed by atoms with Crippen molar-refractivity contribution in [1.82, 2.24) is 19.7 Å². The highest BCUT2D eigenvalue weighted by atomic mass is 16.1. The van der Waals surface area contributed by atoms with Crippen LogP contribution in [-0.2, 0) is 6.54 Å². The van der Waals surface area contributed by atoms with Gasteiger partial charge >= 0.3 is 0 Å². The second-order valence-corrected chi connectivity index (χ2v) is 7.72. The first-order valence-corrected chi connectivity index (χ1v) is 10.2. The maximum Gasteiger partial charge on any atom is 0.267 e. The Bertz CT molecular complexity index is 1040. The molecule has 0 atom stereocenters. The van der Waals surface area contributed by atoms with Gasteiger partial charge in [0.2, 0.25) is 0 Å². The van der Waals surface area contributed by atoms with Crippen molar-refractivity contribution in [3.63, 3.8) is 0 Å². The standard InChI is InChI=1S/C22H24N6O/c29-22-9-8-20(25-28(22)15-17-4-2-1-3-5-17)26-10-12-27(13-11-26)21-14-19(18-6-7-18)23-16-24-21/h1-5,8-9,14,16,18H,6-7,10-13,15H2. The molecule has 0 bridgehead atoms. The van der Waals surface area contributed by atoms with Crippen LogP contribution in [0.3, 0.4) is 0 Å². The first-order chi connectivity index (χ1) is 14.3. The minimum Gasteiger partial charge on any atom is -0.353 e. The summed E-state index contributed by atoms with van der Waals surface area (Å²) < 4.78 is 1.55. The maximum atomic E-state index is 12.2. The molecule has 1 aliphatic heterocycles. The van der Waals surface area contributed by atoms with E-state index in [0.717, 1.165) is 43.4 Å². The minimum absolute atomic E-state index is 0.0789. The van der Waals surface area contributed by atoms with Gasteiger partial charge in [0.1, 0.15) is 18.0 Å². The highest BCUT2D eigenvalue weighted by Crippen LogP contribution is 2.39. The summed E-state index contributed by atoms with van der Waals surface area (Å²) in [6.07, 6.45) is 4.18. The lowest BCUT2D eigenvalue weighted by molar-refractivity contribution is 0.599. The van der Waals surface area contributed by atoms with Crippen LogP contribution in [0.15, 0.2) is 59.7 Å². The molecule has 1 aromatic carbocycles. The van der Waals surface area contributed by atoms with Gasteiger partial charge in [-0.1, -0.05) is 30.3 Å². The van der Waals surface area contributed by atoms with Crippen molar-refractivity contribution < 1.29 is 0 Å². The van der Waals surface area contributed by atoms with E-state index in [-0.39, 0.29) is 5.56 Å². The number of aromatic nitrogens is 4. The van der Waals surface area contributed by atoms with E-state index in [1.54, 1.807) is 17.1 Å². The van der Waals surface area contributed by atoms with Gasteiger partial charge in [-0.25, -0.2) is 14.6 Å². The third-order valence-corrected chi connectivity index (χ3v) is 5.62. The van der Waals surface area contributed by atoms with Crippen molar-refractivity contribution in [3.8, 4) is 0 Å². The van der Waals surface area contributed by atoms with E-state index in [2.05, 4.69) is 30.9 Å². The van der Waals surface area contributed by atoms with Crippen LogP contribution >= 0.6 is 0 Å². The molecule has 3 heterocycles. The summed E-state index contributed by atoms with van der Waals surface area (Å²) >= 11 is 0. The second kappa shape index (κ2) is 7.66. The Morgan fingerprint density at radius 2 is 1.59 bits per heavy atom. The molecule has 2 aliphatic rings. The fraction of sp³-hybridized carbons (Fsp3) is 0.364. The number of hydrogen-bond acceptors (Lipinski definition) is 6. The normalized spacial score (nSPS) is 16.8. The fourth-order valence-corrected chi connectivity index (χ4v) is 3.78. The Kier molecular flexibility index (Phi) is 4.71. The molecule has 0 spiro atoms. The molecule has 0 N–H and O–H groups in total. The van der Waals surface area contributed by atoms with Crippen molar-refractivity contribution in [2.45, 2.75) is 25.3 Å². The predicted octanol–water partition coefficient (Wildman–Crippen LogP) is 2.29. The minimum atomic E-state index is -0.0789. The van der Waals surface area contributed by atoms with E-state index in [9.17, 15) is 4.79 Å². The number of anilines is 2. The molecule has 0 amide bonds. The van der Waals surface area contributed by atoms with Crippen LogP contribution in [0.2, 0.25) is 0 Å². The van der Waals surface area contributed by atoms with Gasteiger partial charge in [-0.15, -0.1) is 0 Å². The molecule has 29 heavy (non-hydrogen) atoms. The summed E-state index contributed by atoms with van der Waals surface area (Å²) in [5, 5.41) is 4.62. The second-order valence-electron chi connectivity index (χ2n) is 7.72. The number of nitrogens with zero attached hydrogens (tertiary/aromatic N) is 6. The van der Waals surface area contributed by atoms with Crippen LogP contribution in [0.4, 0.5) is 11.6 Å². The summed E-state index contributed by atoms with van der Waals surface area (Å²) in [4.78, 5) is 25.7. The summed E-state index contributed by atoms with van der Waals surface area (Å²) in [7, 11) is 0. The van der Waals surface area contributed by atoms with Gasteiger partial charge in [-0.3, -0.25) is 4.79 Å². The lowest BCUT2D eigenvalue weighted by Gasteiger charge is -2.36. The molecule has 148 valence electrons. The smallest absolute Gasteiger partial charge is 0.267 e. The molecule has 2 fully saturated rings.